The van der Waals surface area contributed by atoms with Gasteiger partial charge in [-0.05, 0) is 43.7 Å². The summed E-state index contributed by atoms with van der Waals surface area (Å²) in [5.41, 5.74) is 2.84. The first-order valence-electron chi connectivity index (χ1n) is 10.5. The summed E-state index contributed by atoms with van der Waals surface area (Å²) in [4.78, 5) is 8.96. The molecule has 0 saturated carbocycles. The molecule has 0 bridgehead atoms. The first-order valence-corrected chi connectivity index (χ1v) is 12.2. The average Bonchev–Trinajstić information content (AvgIpc) is 3.23. The number of piperazine rings is 1. The van der Waals surface area contributed by atoms with E-state index in [-0.39, 0.29) is 11.0 Å². The van der Waals surface area contributed by atoms with E-state index in [4.69, 9.17) is 0 Å². The van der Waals surface area contributed by atoms with E-state index in [9.17, 15) is 8.42 Å². The van der Waals surface area contributed by atoms with E-state index in [1.807, 2.05) is 42.6 Å². The molecule has 0 aliphatic carbocycles. The van der Waals surface area contributed by atoms with E-state index >= 15 is 0 Å². The van der Waals surface area contributed by atoms with Crippen molar-refractivity contribution in [3.8, 4) is 5.82 Å². The van der Waals surface area contributed by atoms with Gasteiger partial charge in [-0.2, -0.15) is 0 Å². The third kappa shape index (κ3) is 5.29. The summed E-state index contributed by atoms with van der Waals surface area (Å²) in [5.74, 6) is 0.843. The van der Waals surface area contributed by atoms with Crippen molar-refractivity contribution in [2.75, 3.05) is 31.1 Å². The zero-order chi connectivity index (χ0) is 21.8. The largest absolute Gasteiger partial charge is 0.369 e. The summed E-state index contributed by atoms with van der Waals surface area (Å²) >= 11 is 0. The van der Waals surface area contributed by atoms with Crippen molar-refractivity contribution in [1.29, 1.82) is 0 Å². The van der Waals surface area contributed by atoms with Gasteiger partial charge in [-0.3, -0.25) is 4.90 Å². The molecular weight excluding hydrogens is 412 g/mol. The molecule has 0 N–H and O–H groups in total. The second kappa shape index (κ2) is 9.15. The number of rotatable bonds is 7. The first-order chi connectivity index (χ1) is 14.9. The third-order valence-corrected chi connectivity index (χ3v) is 7.72. The highest BCUT2D eigenvalue weighted by atomic mass is 32.2. The lowest BCUT2D eigenvalue weighted by molar-refractivity contribution is 0.247. The molecule has 0 radical (unpaired) electrons. The van der Waals surface area contributed by atoms with Gasteiger partial charge in [-0.1, -0.05) is 23.4 Å². The lowest BCUT2D eigenvalue weighted by Gasteiger charge is -2.35. The Kier molecular flexibility index (Phi) is 6.33. The molecule has 0 unspecified atom stereocenters. The van der Waals surface area contributed by atoms with E-state index in [1.165, 1.54) is 0 Å². The minimum absolute atomic E-state index is 0.0877. The maximum atomic E-state index is 12.3. The summed E-state index contributed by atoms with van der Waals surface area (Å²) in [6, 6.07) is 13.6. The van der Waals surface area contributed by atoms with Crippen molar-refractivity contribution in [2.24, 2.45) is 0 Å². The van der Waals surface area contributed by atoms with Gasteiger partial charge in [0.2, 0.25) is 0 Å². The SMILES string of the molecule is CC(C)S(=O)(=O)Cc1cccc(N2CCN(Cc3cn(-c4ccccn4)nn3)CC2)c1. The van der Waals surface area contributed by atoms with Crippen LogP contribution in [-0.4, -0.2) is 64.7 Å². The highest BCUT2D eigenvalue weighted by Gasteiger charge is 2.20. The Morgan fingerprint density at radius 3 is 2.55 bits per heavy atom. The number of hydrogen-bond acceptors (Lipinski definition) is 7. The second-order valence-corrected chi connectivity index (χ2v) is 10.7. The normalized spacial score (nSPS) is 15.5. The van der Waals surface area contributed by atoms with E-state index in [2.05, 4.69) is 31.2 Å². The molecule has 8 nitrogen and oxygen atoms in total. The minimum Gasteiger partial charge on any atom is -0.369 e. The quantitative estimate of drug-likeness (QED) is 0.557. The summed E-state index contributed by atoms with van der Waals surface area (Å²) in [6.45, 7) is 7.79. The Bertz CT molecular complexity index is 1110. The highest BCUT2D eigenvalue weighted by Crippen LogP contribution is 2.21. The molecule has 0 spiro atoms. The van der Waals surface area contributed by atoms with Gasteiger partial charge in [-0.15, -0.1) is 5.10 Å². The van der Waals surface area contributed by atoms with Crippen LogP contribution in [-0.2, 0) is 22.1 Å². The molecule has 1 aromatic carbocycles. The van der Waals surface area contributed by atoms with E-state index in [0.29, 0.717) is 0 Å². The Balaban J connectivity index is 1.34. The van der Waals surface area contributed by atoms with Crippen LogP contribution >= 0.6 is 0 Å². The van der Waals surface area contributed by atoms with Crippen LogP contribution in [0.3, 0.4) is 0 Å². The zero-order valence-electron chi connectivity index (χ0n) is 17.9. The van der Waals surface area contributed by atoms with Crippen LogP contribution in [0, 0.1) is 0 Å². The van der Waals surface area contributed by atoms with Crippen LogP contribution in [0.15, 0.2) is 54.9 Å². The smallest absolute Gasteiger partial charge is 0.156 e. The molecule has 2 aromatic heterocycles. The molecule has 0 amide bonds. The molecule has 164 valence electrons. The number of hydrogen-bond donors (Lipinski definition) is 0. The molecular formula is C22H28N6O2S. The molecule has 1 aliphatic heterocycles. The maximum Gasteiger partial charge on any atom is 0.156 e. The molecule has 31 heavy (non-hydrogen) atoms. The minimum atomic E-state index is -3.11. The van der Waals surface area contributed by atoms with E-state index in [1.54, 1.807) is 24.7 Å². The molecule has 4 rings (SSSR count). The standard InChI is InChI=1S/C22H28N6O2S/c1-18(2)31(29,30)17-19-6-5-7-21(14-19)27-12-10-26(11-13-27)15-20-16-28(25-24-20)22-8-3-4-9-23-22/h3-9,14,16,18H,10-13,15,17H2,1-2H3. The number of pyridine rings is 1. The van der Waals surface area contributed by atoms with Crippen molar-refractivity contribution in [2.45, 2.75) is 31.4 Å². The van der Waals surface area contributed by atoms with E-state index in [0.717, 1.165) is 55.5 Å². The Morgan fingerprint density at radius 2 is 1.84 bits per heavy atom. The molecule has 3 aromatic rings. The number of sulfone groups is 1. The lowest BCUT2D eigenvalue weighted by Crippen LogP contribution is -2.46. The van der Waals surface area contributed by atoms with Crippen molar-refractivity contribution in [1.82, 2.24) is 24.9 Å². The fraction of sp³-hybridized carbons (Fsp3) is 0.409. The summed E-state index contributed by atoms with van der Waals surface area (Å²) in [7, 11) is -3.11. The first kappa shape index (κ1) is 21.5. The van der Waals surface area contributed by atoms with Gasteiger partial charge in [0.15, 0.2) is 15.7 Å². The van der Waals surface area contributed by atoms with Gasteiger partial charge in [0.25, 0.3) is 0 Å². The Labute approximate surface area is 183 Å². The van der Waals surface area contributed by atoms with Crippen LogP contribution in [0.2, 0.25) is 0 Å². The summed E-state index contributed by atoms with van der Waals surface area (Å²) < 4.78 is 26.2. The van der Waals surface area contributed by atoms with Crippen LogP contribution < -0.4 is 4.90 Å². The summed E-state index contributed by atoms with van der Waals surface area (Å²) in [6.07, 6.45) is 3.66. The Hall–Kier alpha value is -2.78. The second-order valence-electron chi connectivity index (χ2n) is 8.13. The Morgan fingerprint density at radius 1 is 1.03 bits per heavy atom. The van der Waals surface area contributed by atoms with E-state index < -0.39 is 9.84 Å². The monoisotopic (exact) mass is 440 g/mol. The van der Waals surface area contributed by atoms with Gasteiger partial charge >= 0.3 is 0 Å². The number of nitrogens with zero attached hydrogens (tertiary/aromatic N) is 6. The third-order valence-electron chi connectivity index (χ3n) is 5.54. The van der Waals surface area contributed by atoms with Gasteiger partial charge in [0, 0.05) is 44.6 Å². The van der Waals surface area contributed by atoms with Crippen molar-refractivity contribution in [3.05, 3.63) is 66.1 Å². The molecule has 9 heteroatoms. The van der Waals surface area contributed by atoms with Crippen molar-refractivity contribution >= 4 is 15.5 Å². The fourth-order valence-electron chi connectivity index (χ4n) is 3.61. The van der Waals surface area contributed by atoms with Crippen LogP contribution in [0.4, 0.5) is 5.69 Å². The molecule has 1 saturated heterocycles. The molecule has 0 atom stereocenters. The van der Waals surface area contributed by atoms with Crippen molar-refractivity contribution in [3.63, 3.8) is 0 Å². The number of anilines is 1. The zero-order valence-corrected chi connectivity index (χ0v) is 18.7. The van der Waals surface area contributed by atoms with Crippen LogP contribution in [0.25, 0.3) is 5.82 Å². The van der Waals surface area contributed by atoms with Gasteiger partial charge in [0.05, 0.1) is 22.9 Å². The fourth-order valence-corrected chi connectivity index (χ4v) is 4.58. The maximum absolute atomic E-state index is 12.3. The number of aromatic nitrogens is 4. The molecule has 1 fully saturated rings. The van der Waals surface area contributed by atoms with Crippen LogP contribution in [0.1, 0.15) is 25.1 Å². The average molecular weight is 441 g/mol. The molecule has 3 heterocycles. The highest BCUT2D eigenvalue weighted by molar-refractivity contribution is 7.91. The lowest BCUT2D eigenvalue weighted by atomic mass is 10.2. The van der Waals surface area contributed by atoms with Gasteiger partial charge in [0.1, 0.15) is 0 Å². The van der Waals surface area contributed by atoms with Gasteiger partial charge < -0.3 is 4.90 Å². The van der Waals surface area contributed by atoms with Gasteiger partial charge in [-0.25, -0.2) is 18.1 Å². The van der Waals surface area contributed by atoms with Crippen molar-refractivity contribution < 1.29 is 8.42 Å². The predicted octanol–water partition coefficient (Wildman–Crippen LogP) is 2.31. The predicted molar refractivity (Wildman–Crippen MR) is 121 cm³/mol. The topological polar surface area (TPSA) is 84.2 Å². The number of benzene rings is 1. The molecule has 1 aliphatic rings. The summed E-state index contributed by atoms with van der Waals surface area (Å²) in [5, 5.41) is 8.10. The van der Waals surface area contributed by atoms with Crippen LogP contribution in [0.5, 0.6) is 0 Å².